The summed E-state index contributed by atoms with van der Waals surface area (Å²) in [5.74, 6) is -1.86. The average Bonchev–Trinajstić information content (AvgIpc) is 2.53. The predicted molar refractivity (Wildman–Crippen MR) is 94.7 cm³/mol. The van der Waals surface area contributed by atoms with Crippen molar-refractivity contribution >= 4 is 30.5 Å². The van der Waals surface area contributed by atoms with E-state index in [1.165, 1.54) is 4.90 Å². The first kappa shape index (κ1) is 20.5. The molecule has 0 aliphatic carbocycles. The van der Waals surface area contributed by atoms with Crippen LogP contribution in [0.5, 0.6) is 0 Å². The third-order valence-electron chi connectivity index (χ3n) is 3.83. The Morgan fingerprint density at radius 2 is 2.00 bits per heavy atom. The number of rotatable bonds is 8. The molecule has 8 heteroatoms. The zero-order valence-corrected chi connectivity index (χ0v) is 15.0. The van der Waals surface area contributed by atoms with Gasteiger partial charge in [-0.05, 0) is 38.3 Å². The minimum atomic E-state index is -1.70. The number of halogens is 1. The van der Waals surface area contributed by atoms with Gasteiger partial charge in [0.2, 0.25) is 11.8 Å². The average molecular weight is 355 g/mol. The highest BCUT2D eigenvalue weighted by Crippen LogP contribution is 2.13. The zero-order valence-electron chi connectivity index (χ0n) is 14.3. The zero-order chi connectivity index (χ0) is 18.3. The highest BCUT2D eigenvalue weighted by molar-refractivity contribution is 6.43. The number of benzene rings is 1. The number of hydrogen-bond donors (Lipinski definition) is 3. The summed E-state index contributed by atoms with van der Waals surface area (Å²) < 4.78 is 0. The molecule has 0 heterocycles. The molecule has 0 saturated heterocycles. The maximum Gasteiger partial charge on any atom is 0.475 e. The van der Waals surface area contributed by atoms with Gasteiger partial charge in [0.05, 0.1) is 12.5 Å². The van der Waals surface area contributed by atoms with E-state index in [4.69, 9.17) is 11.6 Å². The van der Waals surface area contributed by atoms with E-state index in [0.717, 1.165) is 16.7 Å². The van der Waals surface area contributed by atoms with Gasteiger partial charge in [-0.2, -0.15) is 0 Å². The van der Waals surface area contributed by atoms with Crippen molar-refractivity contribution in [1.29, 1.82) is 0 Å². The van der Waals surface area contributed by atoms with Crippen LogP contribution >= 0.6 is 11.6 Å². The van der Waals surface area contributed by atoms with E-state index >= 15 is 0 Å². The highest BCUT2D eigenvalue weighted by Gasteiger charge is 2.27. The van der Waals surface area contributed by atoms with Crippen molar-refractivity contribution in [3.05, 3.63) is 34.9 Å². The predicted octanol–water partition coefficient (Wildman–Crippen LogP) is 0.430. The quantitative estimate of drug-likeness (QED) is 0.466. The van der Waals surface area contributed by atoms with Crippen LogP contribution in [0.2, 0.25) is 0 Å². The molecular weight excluding hydrogens is 330 g/mol. The molecule has 0 radical (unpaired) electrons. The normalized spacial score (nSPS) is 11.8. The Hall–Kier alpha value is -1.57. The van der Waals surface area contributed by atoms with Gasteiger partial charge in [-0.3, -0.25) is 9.59 Å². The largest absolute Gasteiger partial charge is 0.475 e. The Bertz CT molecular complexity index is 583. The molecule has 24 heavy (non-hydrogen) atoms. The number of amides is 2. The molecule has 0 aliphatic heterocycles. The third kappa shape index (κ3) is 6.15. The Morgan fingerprint density at radius 1 is 1.33 bits per heavy atom. The van der Waals surface area contributed by atoms with E-state index in [2.05, 4.69) is 5.32 Å². The van der Waals surface area contributed by atoms with Crippen molar-refractivity contribution in [1.82, 2.24) is 10.2 Å². The van der Waals surface area contributed by atoms with Crippen LogP contribution in [0, 0.1) is 13.8 Å². The molecule has 3 N–H and O–H groups in total. The van der Waals surface area contributed by atoms with Gasteiger partial charge in [0.15, 0.2) is 0 Å². The smallest absolute Gasteiger partial charge is 0.426 e. The molecule has 0 bridgehead atoms. The van der Waals surface area contributed by atoms with Gasteiger partial charge in [0, 0.05) is 6.54 Å². The van der Waals surface area contributed by atoms with E-state index < -0.39 is 19.0 Å². The lowest BCUT2D eigenvalue weighted by molar-refractivity contribution is -0.134. The summed E-state index contributed by atoms with van der Waals surface area (Å²) in [6.07, 6.45) is 0.283. The maximum absolute atomic E-state index is 12.1. The number of alkyl halides is 1. The molecule has 132 valence electrons. The van der Waals surface area contributed by atoms with Crippen LogP contribution in [-0.4, -0.2) is 58.8 Å². The standard InChI is InChI=1S/C16H24BClN2O4/c1-4-20(16(22)9-18)10-15(21)19-14(17(23)24)8-13-6-5-11(2)7-12(13)3/h5-7,14,23-24H,4,8-10H2,1-3H3,(H,19,21)/t14-/m0/s1. The fourth-order valence-electron chi connectivity index (χ4n) is 2.43. The number of nitrogens with zero attached hydrogens (tertiary/aromatic N) is 1. The van der Waals surface area contributed by atoms with Crippen molar-refractivity contribution in [2.24, 2.45) is 0 Å². The van der Waals surface area contributed by atoms with E-state index in [9.17, 15) is 19.6 Å². The Labute approximate surface area is 147 Å². The molecule has 6 nitrogen and oxygen atoms in total. The minimum absolute atomic E-state index is 0.168. The Kier molecular flexibility index (Phi) is 8.25. The SMILES string of the molecule is CCN(CC(=O)N[C@@H](Cc1ccc(C)cc1C)B(O)O)C(=O)CCl. The van der Waals surface area contributed by atoms with Gasteiger partial charge < -0.3 is 20.3 Å². The maximum atomic E-state index is 12.1. The second-order valence-corrected chi connectivity index (χ2v) is 6.03. The van der Waals surface area contributed by atoms with E-state index in [1.54, 1.807) is 6.92 Å². The summed E-state index contributed by atoms with van der Waals surface area (Å²) in [6.45, 7) is 5.83. The van der Waals surface area contributed by atoms with Gasteiger partial charge >= 0.3 is 7.12 Å². The van der Waals surface area contributed by atoms with Crippen LogP contribution in [0.4, 0.5) is 0 Å². The number of likely N-dealkylation sites (N-methyl/N-ethyl adjacent to an activating group) is 1. The molecular formula is C16H24BClN2O4. The molecule has 0 unspecified atom stereocenters. The van der Waals surface area contributed by atoms with Crippen molar-refractivity contribution in [3.63, 3.8) is 0 Å². The highest BCUT2D eigenvalue weighted by atomic mass is 35.5. The lowest BCUT2D eigenvalue weighted by atomic mass is 9.75. The summed E-state index contributed by atoms with van der Waals surface area (Å²) >= 11 is 5.50. The summed E-state index contributed by atoms with van der Waals surface area (Å²) in [5, 5.41) is 21.7. The Morgan fingerprint density at radius 3 is 2.50 bits per heavy atom. The fourth-order valence-corrected chi connectivity index (χ4v) is 2.60. The van der Waals surface area contributed by atoms with Crippen LogP contribution in [0.1, 0.15) is 23.6 Å². The summed E-state index contributed by atoms with van der Waals surface area (Å²) in [7, 11) is -1.70. The van der Waals surface area contributed by atoms with Crippen LogP contribution < -0.4 is 5.32 Å². The van der Waals surface area contributed by atoms with Crippen molar-refractivity contribution in [3.8, 4) is 0 Å². The van der Waals surface area contributed by atoms with Crippen molar-refractivity contribution in [2.75, 3.05) is 19.0 Å². The first-order valence-corrected chi connectivity index (χ1v) is 8.37. The fraction of sp³-hybridized carbons (Fsp3) is 0.500. The van der Waals surface area contributed by atoms with Gasteiger partial charge in [-0.1, -0.05) is 23.8 Å². The molecule has 0 spiro atoms. The van der Waals surface area contributed by atoms with Crippen molar-refractivity contribution < 1.29 is 19.6 Å². The van der Waals surface area contributed by atoms with Gasteiger partial charge in [-0.15, -0.1) is 11.6 Å². The van der Waals surface area contributed by atoms with Gasteiger partial charge in [0.1, 0.15) is 5.88 Å². The topological polar surface area (TPSA) is 89.9 Å². The molecule has 1 rings (SSSR count). The third-order valence-corrected chi connectivity index (χ3v) is 4.06. The van der Waals surface area contributed by atoms with Crippen LogP contribution in [-0.2, 0) is 16.0 Å². The van der Waals surface area contributed by atoms with Gasteiger partial charge in [-0.25, -0.2) is 0 Å². The number of carbonyl (C=O) groups excluding carboxylic acids is 2. The van der Waals surface area contributed by atoms with E-state index in [1.807, 2.05) is 32.0 Å². The molecule has 1 aromatic rings. The van der Waals surface area contributed by atoms with Crippen LogP contribution in [0.15, 0.2) is 18.2 Å². The first-order chi connectivity index (χ1) is 11.3. The summed E-state index contributed by atoms with van der Waals surface area (Å²) in [4.78, 5) is 25.0. The molecule has 0 aliphatic rings. The molecule has 1 atom stereocenters. The molecule has 1 aromatic carbocycles. The molecule has 0 saturated carbocycles. The van der Waals surface area contributed by atoms with Crippen molar-refractivity contribution in [2.45, 2.75) is 33.1 Å². The monoisotopic (exact) mass is 354 g/mol. The van der Waals surface area contributed by atoms with E-state index in [0.29, 0.717) is 6.54 Å². The molecule has 0 fully saturated rings. The number of hydrogen-bond acceptors (Lipinski definition) is 4. The van der Waals surface area contributed by atoms with Crippen LogP contribution in [0.25, 0.3) is 0 Å². The first-order valence-electron chi connectivity index (χ1n) is 7.83. The number of nitrogens with one attached hydrogen (secondary N) is 1. The van der Waals surface area contributed by atoms with Crippen LogP contribution in [0.3, 0.4) is 0 Å². The number of aryl methyl sites for hydroxylation is 2. The van der Waals surface area contributed by atoms with E-state index in [-0.39, 0.29) is 24.8 Å². The molecule has 2 amide bonds. The second kappa shape index (κ2) is 9.66. The second-order valence-electron chi connectivity index (χ2n) is 5.76. The lowest BCUT2D eigenvalue weighted by Gasteiger charge is -2.23. The molecule has 0 aromatic heterocycles. The Balaban J connectivity index is 2.75. The minimum Gasteiger partial charge on any atom is -0.426 e. The van der Waals surface area contributed by atoms with Gasteiger partial charge in [0.25, 0.3) is 0 Å². The summed E-state index contributed by atoms with van der Waals surface area (Å²) in [6, 6.07) is 5.83. The summed E-state index contributed by atoms with van der Waals surface area (Å²) in [5.41, 5.74) is 3.05. The lowest BCUT2D eigenvalue weighted by Crippen LogP contribution is -2.51. The number of carbonyl (C=O) groups is 2.